The van der Waals surface area contributed by atoms with Gasteiger partial charge in [-0.15, -0.1) is 0 Å². The van der Waals surface area contributed by atoms with Gasteiger partial charge in [-0.25, -0.2) is 0 Å². The maximum absolute atomic E-state index is 9.15. The Morgan fingerprint density at radius 3 is 2.50 bits per heavy atom. The molecule has 0 atom stereocenters. The van der Waals surface area contributed by atoms with Crippen LogP contribution in [0.15, 0.2) is 52.9 Å². The fraction of sp³-hybridized carbons (Fsp3) is 0.350. The number of hydrogen-bond acceptors (Lipinski definition) is 6. The molecule has 0 saturated carbocycles. The van der Waals surface area contributed by atoms with E-state index in [1.165, 1.54) is 0 Å². The minimum atomic E-state index is -0.119. The van der Waals surface area contributed by atoms with Crippen LogP contribution in [-0.2, 0) is 6.42 Å². The Labute approximate surface area is 152 Å². The van der Waals surface area contributed by atoms with E-state index in [1.807, 2.05) is 60.5 Å². The second-order valence-corrected chi connectivity index (χ2v) is 6.31. The molecular formula is C20H24N2O4. The van der Waals surface area contributed by atoms with Gasteiger partial charge in [0, 0.05) is 26.2 Å². The molecule has 0 bridgehead atoms. The molecule has 3 aromatic rings. The van der Waals surface area contributed by atoms with Gasteiger partial charge in [0.25, 0.3) is 6.01 Å². The van der Waals surface area contributed by atoms with Crippen molar-refractivity contribution in [2.45, 2.75) is 6.42 Å². The number of oxazole rings is 1. The van der Waals surface area contributed by atoms with Crippen LogP contribution in [0.1, 0.15) is 5.56 Å². The van der Waals surface area contributed by atoms with E-state index in [0.29, 0.717) is 25.6 Å². The third kappa shape index (κ3) is 4.53. The van der Waals surface area contributed by atoms with Crippen molar-refractivity contribution in [1.29, 1.82) is 0 Å². The average molecular weight is 356 g/mol. The van der Waals surface area contributed by atoms with Crippen molar-refractivity contribution < 1.29 is 19.4 Å². The number of para-hydroxylation sites is 2. The molecule has 0 spiro atoms. The normalized spacial score (nSPS) is 11.2. The van der Waals surface area contributed by atoms with Crippen LogP contribution in [0.5, 0.6) is 5.75 Å². The minimum absolute atomic E-state index is 0.0170. The van der Waals surface area contributed by atoms with Crippen LogP contribution >= 0.6 is 0 Å². The van der Waals surface area contributed by atoms with Crippen molar-refractivity contribution in [3.05, 3.63) is 54.1 Å². The maximum Gasteiger partial charge on any atom is 0.298 e. The van der Waals surface area contributed by atoms with Crippen LogP contribution in [0.2, 0.25) is 0 Å². The van der Waals surface area contributed by atoms with Gasteiger partial charge >= 0.3 is 0 Å². The average Bonchev–Trinajstić information content (AvgIpc) is 3.11. The van der Waals surface area contributed by atoms with Gasteiger partial charge in [0.15, 0.2) is 5.58 Å². The number of fused-ring (bicyclic) bond motifs is 1. The lowest BCUT2D eigenvalue weighted by molar-refractivity contribution is 0.150. The molecule has 1 aromatic heterocycles. The zero-order chi connectivity index (χ0) is 18.4. The van der Waals surface area contributed by atoms with Gasteiger partial charge in [-0.2, -0.15) is 4.98 Å². The Kier molecular flexibility index (Phi) is 6.09. The molecular weight excluding hydrogens is 332 g/mol. The third-order valence-corrected chi connectivity index (χ3v) is 4.27. The topological polar surface area (TPSA) is 79.0 Å². The number of benzene rings is 2. The molecule has 0 fully saturated rings. The van der Waals surface area contributed by atoms with Crippen molar-refractivity contribution in [1.82, 2.24) is 4.98 Å². The number of likely N-dealkylation sites (N-methyl/N-ethyl adjacent to an activating group) is 1. The summed E-state index contributed by atoms with van der Waals surface area (Å²) < 4.78 is 11.5. The fourth-order valence-electron chi connectivity index (χ4n) is 2.66. The first-order valence-electron chi connectivity index (χ1n) is 8.69. The molecule has 0 amide bonds. The van der Waals surface area contributed by atoms with E-state index in [2.05, 4.69) is 4.98 Å². The lowest BCUT2D eigenvalue weighted by Crippen LogP contribution is -2.23. The van der Waals surface area contributed by atoms with E-state index in [1.54, 1.807) is 0 Å². The molecule has 6 heteroatoms. The Bertz CT molecular complexity index is 779. The Hall–Kier alpha value is -2.57. The van der Waals surface area contributed by atoms with Crippen molar-refractivity contribution in [2.24, 2.45) is 5.92 Å². The number of rotatable bonds is 9. The zero-order valence-electron chi connectivity index (χ0n) is 14.8. The van der Waals surface area contributed by atoms with Gasteiger partial charge in [0.1, 0.15) is 17.9 Å². The van der Waals surface area contributed by atoms with Crippen LogP contribution in [0.25, 0.3) is 11.1 Å². The van der Waals surface area contributed by atoms with Crippen LogP contribution < -0.4 is 9.64 Å². The molecule has 6 nitrogen and oxygen atoms in total. The molecule has 1 heterocycles. The van der Waals surface area contributed by atoms with Crippen LogP contribution in [0.3, 0.4) is 0 Å². The number of aromatic nitrogens is 1. The standard InChI is InChI=1S/C20H24N2O4/c1-22(20-21-18-4-2-3-5-19(18)26-20)10-11-25-17-8-6-15(7-9-17)12-16(13-23)14-24/h2-9,16,23-24H,10-14H2,1H3. The van der Waals surface area contributed by atoms with E-state index in [0.717, 1.165) is 22.4 Å². The molecule has 26 heavy (non-hydrogen) atoms. The van der Waals surface area contributed by atoms with E-state index in [9.17, 15) is 0 Å². The molecule has 2 N–H and O–H groups in total. The summed E-state index contributed by atoms with van der Waals surface area (Å²) in [5.74, 6) is 0.663. The third-order valence-electron chi connectivity index (χ3n) is 4.27. The molecule has 0 unspecified atom stereocenters. The maximum atomic E-state index is 9.15. The molecule has 0 aliphatic rings. The van der Waals surface area contributed by atoms with E-state index in [4.69, 9.17) is 19.4 Å². The summed E-state index contributed by atoms with van der Waals surface area (Å²) in [6.07, 6.45) is 0.647. The summed E-state index contributed by atoms with van der Waals surface area (Å²) in [5, 5.41) is 18.3. The van der Waals surface area contributed by atoms with E-state index in [-0.39, 0.29) is 19.1 Å². The highest BCUT2D eigenvalue weighted by Crippen LogP contribution is 2.20. The van der Waals surface area contributed by atoms with E-state index < -0.39 is 0 Å². The first-order valence-corrected chi connectivity index (χ1v) is 8.69. The number of hydrogen-bond donors (Lipinski definition) is 2. The smallest absolute Gasteiger partial charge is 0.298 e. The van der Waals surface area contributed by atoms with Crippen LogP contribution in [0, 0.1) is 5.92 Å². The second kappa shape index (κ2) is 8.69. The summed E-state index contributed by atoms with van der Waals surface area (Å²) in [7, 11) is 1.92. The summed E-state index contributed by atoms with van der Waals surface area (Å²) >= 11 is 0. The lowest BCUT2D eigenvalue weighted by atomic mass is 10.0. The van der Waals surface area contributed by atoms with Crippen molar-refractivity contribution in [2.75, 3.05) is 38.3 Å². The molecule has 0 saturated heterocycles. The number of anilines is 1. The second-order valence-electron chi connectivity index (χ2n) is 6.31. The molecule has 0 aliphatic carbocycles. The number of nitrogens with zero attached hydrogens (tertiary/aromatic N) is 2. The Morgan fingerprint density at radius 2 is 1.81 bits per heavy atom. The van der Waals surface area contributed by atoms with Crippen molar-refractivity contribution in [3.63, 3.8) is 0 Å². The first kappa shape index (κ1) is 18.2. The highest BCUT2D eigenvalue weighted by molar-refractivity contribution is 5.74. The number of aliphatic hydroxyl groups excluding tert-OH is 2. The summed E-state index contributed by atoms with van der Waals surface area (Å²) in [6.45, 7) is 1.12. The number of ether oxygens (including phenoxy) is 1. The highest BCUT2D eigenvalue weighted by Gasteiger charge is 2.10. The van der Waals surface area contributed by atoms with Gasteiger partial charge in [0.2, 0.25) is 0 Å². The number of aliphatic hydroxyl groups is 2. The quantitative estimate of drug-likeness (QED) is 0.613. The summed E-state index contributed by atoms with van der Waals surface area (Å²) in [5.41, 5.74) is 2.68. The molecule has 0 radical (unpaired) electrons. The van der Waals surface area contributed by atoms with E-state index >= 15 is 0 Å². The predicted octanol–water partition coefficient (Wildman–Crippen LogP) is 2.49. The predicted molar refractivity (Wildman–Crippen MR) is 101 cm³/mol. The summed E-state index contributed by atoms with van der Waals surface area (Å²) in [6, 6.07) is 16.0. The Morgan fingerprint density at radius 1 is 1.08 bits per heavy atom. The SMILES string of the molecule is CN(CCOc1ccc(CC(CO)CO)cc1)c1nc2ccccc2o1. The van der Waals surface area contributed by atoms with Crippen LogP contribution in [-0.4, -0.2) is 48.6 Å². The van der Waals surface area contributed by atoms with Crippen LogP contribution in [0.4, 0.5) is 6.01 Å². The molecule has 0 aliphatic heterocycles. The summed E-state index contributed by atoms with van der Waals surface area (Å²) in [4.78, 5) is 6.37. The molecule has 138 valence electrons. The first-order chi connectivity index (χ1) is 12.7. The fourth-order valence-corrected chi connectivity index (χ4v) is 2.66. The van der Waals surface area contributed by atoms with Gasteiger partial charge in [-0.3, -0.25) is 0 Å². The van der Waals surface area contributed by atoms with Gasteiger partial charge in [0.05, 0.1) is 6.54 Å². The zero-order valence-corrected chi connectivity index (χ0v) is 14.8. The van der Waals surface area contributed by atoms with Crippen molar-refractivity contribution >= 4 is 17.1 Å². The monoisotopic (exact) mass is 356 g/mol. The van der Waals surface area contributed by atoms with Crippen molar-refractivity contribution in [3.8, 4) is 5.75 Å². The molecule has 2 aromatic carbocycles. The largest absolute Gasteiger partial charge is 0.492 e. The minimum Gasteiger partial charge on any atom is -0.492 e. The van der Waals surface area contributed by atoms with Gasteiger partial charge in [-0.05, 0) is 36.2 Å². The Balaban J connectivity index is 1.49. The molecule has 3 rings (SSSR count). The lowest BCUT2D eigenvalue weighted by Gasteiger charge is -2.15. The highest BCUT2D eigenvalue weighted by atomic mass is 16.5. The van der Waals surface area contributed by atoms with Gasteiger partial charge in [-0.1, -0.05) is 24.3 Å². The van der Waals surface area contributed by atoms with Gasteiger partial charge < -0.3 is 24.3 Å².